The number of benzene rings is 1. The molecule has 10 heteroatoms. The van der Waals surface area contributed by atoms with E-state index in [1.54, 1.807) is 6.20 Å². The fourth-order valence-electron chi connectivity index (χ4n) is 3.01. The molecule has 4 N–H and O–H groups in total. The highest BCUT2D eigenvalue weighted by Gasteiger charge is 2.20. The van der Waals surface area contributed by atoms with Gasteiger partial charge in [0.1, 0.15) is 17.5 Å². The molecule has 1 aliphatic rings. The summed E-state index contributed by atoms with van der Waals surface area (Å²) in [5.74, 6) is -1.89. The van der Waals surface area contributed by atoms with Crippen LogP contribution in [0.1, 0.15) is 41.2 Å². The second-order valence-corrected chi connectivity index (χ2v) is 6.79. The van der Waals surface area contributed by atoms with E-state index < -0.39 is 17.5 Å². The van der Waals surface area contributed by atoms with Gasteiger partial charge in [0.05, 0.1) is 23.5 Å². The molecule has 29 heavy (non-hydrogen) atoms. The Bertz CT molecular complexity index is 1030. The van der Waals surface area contributed by atoms with Gasteiger partial charge in [-0.25, -0.2) is 13.8 Å². The van der Waals surface area contributed by atoms with Crippen LogP contribution in [0.4, 0.5) is 26.2 Å². The van der Waals surface area contributed by atoms with Crippen LogP contribution in [0.5, 0.6) is 0 Å². The summed E-state index contributed by atoms with van der Waals surface area (Å²) >= 11 is 0. The molecule has 8 nitrogen and oxygen atoms in total. The molecule has 1 aromatic carbocycles. The number of hydrogen-bond acceptors (Lipinski definition) is 6. The first kappa shape index (κ1) is 18.8. The molecule has 1 fully saturated rings. The highest BCUT2D eigenvalue weighted by Crippen LogP contribution is 2.31. The van der Waals surface area contributed by atoms with E-state index in [0.717, 1.165) is 25.0 Å². The summed E-state index contributed by atoms with van der Waals surface area (Å²) in [4.78, 5) is 20.0. The average Bonchev–Trinajstić information content (AvgIpc) is 3.07. The average molecular weight is 399 g/mol. The molecule has 0 spiro atoms. The fourth-order valence-corrected chi connectivity index (χ4v) is 3.01. The van der Waals surface area contributed by atoms with Crippen molar-refractivity contribution in [1.82, 2.24) is 19.7 Å². The van der Waals surface area contributed by atoms with E-state index >= 15 is 0 Å². The predicted molar refractivity (Wildman–Crippen MR) is 103 cm³/mol. The van der Waals surface area contributed by atoms with E-state index in [1.807, 2.05) is 10.9 Å². The smallest absolute Gasteiger partial charge is 0.254 e. The molecule has 0 bridgehead atoms. The number of rotatable bonds is 7. The number of amides is 1. The van der Waals surface area contributed by atoms with Gasteiger partial charge in [0, 0.05) is 24.5 Å². The van der Waals surface area contributed by atoms with Crippen molar-refractivity contribution in [3.05, 3.63) is 59.6 Å². The third-order valence-corrected chi connectivity index (χ3v) is 4.85. The SMILES string of the molecule is NC(=O)c1cnc(Nc2cnn(C3CCC3)c2)nc1NCc1c(F)cccc1F. The molecule has 1 amide bonds. The Labute approximate surface area is 165 Å². The maximum Gasteiger partial charge on any atom is 0.254 e. The van der Waals surface area contributed by atoms with Gasteiger partial charge in [-0.3, -0.25) is 9.48 Å². The van der Waals surface area contributed by atoms with Gasteiger partial charge in [0.2, 0.25) is 5.95 Å². The van der Waals surface area contributed by atoms with Gasteiger partial charge in [-0.1, -0.05) is 6.07 Å². The number of anilines is 3. The third-order valence-electron chi connectivity index (χ3n) is 4.85. The minimum absolute atomic E-state index is 0.0115. The van der Waals surface area contributed by atoms with Crippen LogP contribution < -0.4 is 16.4 Å². The van der Waals surface area contributed by atoms with Crippen LogP contribution in [-0.4, -0.2) is 25.7 Å². The second-order valence-electron chi connectivity index (χ2n) is 6.79. The Hall–Kier alpha value is -3.56. The molecule has 0 saturated heterocycles. The number of carbonyl (C=O) groups excluding carboxylic acids is 1. The standard InChI is InChI=1S/C19H19F2N7O/c20-15-5-2-6-16(21)13(15)8-23-18-14(17(22)29)9-24-19(27-18)26-11-7-25-28(10-11)12-3-1-4-12/h2,5-7,9-10,12H,1,3-4,8H2,(H2,22,29)(H2,23,24,26,27). The molecule has 150 valence electrons. The Morgan fingerprint density at radius 3 is 2.66 bits per heavy atom. The summed E-state index contributed by atoms with van der Waals surface area (Å²) in [6, 6.07) is 4.00. The van der Waals surface area contributed by atoms with Gasteiger partial charge < -0.3 is 16.4 Å². The molecule has 1 aliphatic carbocycles. The zero-order chi connectivity index (χ0) is 20.4. The van der Waals surface area contributed by atoms with Crippen LogP contribution in [0.15, 0.2) is 36.8 Å². The van der Waals surface area contributed by atoms with Crippen molar-refractivity contribution in [2.75, 3.05) is 10.6 Å². The van der Waals surface area contributed by atoms with Crippen LogP contribution >= 0.6 is 0 Å². The quantitative estimate of drug-likeness (QED) is 0.563. The number of nitrogens with zero attached hydrogens (tertiary/aromatic N) is 4. The molecule has 0 radical (unpaired) electrons. The highest BCUT2D eigenvalue weighted by molar-refractivity contribution is 5.97. The normalized spacial score (nSPS) is 13.7. The van der Waals surface area contributed by atoms with Crippen LogP contribution in [0.25, 0.3) is 0 Å². The largest absolute Gasteiger partial charge is 0.365 e. The second kappa shape index (κ2) is 7.82. The van der Waals surface area contributed by atoms with Crippen molar-refractivity contribution in [3.63, 3.8) is 0 Å². The lowest BCUT2D eigenvalue weighted by molar-refractivity contribution is 0.100. The molecule has 0 aliphatic heterocycles. The van der Waals surface area contributed by atoms with Crippen molar-refractivity contribution in [2.24, 2.45) is 5.73 Å². The minimum Gasteiger partial charge on any atom is -0.365 e. The predicted octanol–water partition coefficient (Wildman–Crippen LogP) is 3.13. The number of hydrogen-bond donors (Lipinski definition) is 3. The van der Waals surface area contributed by atoms with Gasteiger partial charge in [-0.15, -0.1) is 0 Å². The molecule has 0 atom stereocenters. The van der Waals surface area contributed by atoms with E-state index in [1.165, 1.54) is 18.7 Å². The lowest BCUT2D eigenvalue weighted by Gasteiger charge is -2.25. The van der Waals surface area contributed by atoms with Crippen molar-refractivity contribution in [2.45, 2.75) is 31.8 Å². The monoisotopic (exact) mass is 399 g/mol. The zero-order valence-corrected chi connectivity index (χ0v) is 15.4. The van der Waals surface area contributed by atoms with E-state index in [9.17, 15) is 13.6 Å². The zero-order valence-electron chi connectivity index (χ0n) is 15.4. The van der Waals surface area contributed by atoms with Crippen LogP contribution in [0, 0.1) is 11.6 Å². The van der Waals surface area contributed by atoms with Gasteiger partial charge in [0.15, 0.2) is 0 Å². The molecule has 0 unspecified atom stereocenters. The topological polar surface area (TPSA) is 111 Å². The molecule has 2 heterocycles. The van der Waals surface area contributed by atoms with E-state index in [0.29, 0.717) is 11.7 Å². The van der Waals surface area contributed by atoms with Gasteiger partial charge in [-0.05, 0) is 31.4 Å². The van der Waals surface area contributed by atoms with Crippen molar-refractivity contribution < 1.29 is 13.6 Å². The Kier molecular flexibility index (Phi) is 5.07. The van der Waals surface area contributed by atoms with E-state index in [2.05, 4.69) is 25.7 Å². The molecular weight excluding hydrogens is 380 g/mol. The van der Waals surface area contributed by atoms with Crippen LogP contribution in [-0.2, 0) is 6.54 Å². The van der Waals surface area contributed by atoms with Crippen molar-refractivity contribution >= 4 is 23.4 Å². The highest BCUT2D eigenvalue weighted by atomic mass is 19.1. The number of halogens is 2. The summed E-state index contributed by atoms with van der Waals surface area (Å²) < 4.78 is 29.6. The van der Waals surface area contributed by atoms with Crippen LogP contribution in [0.2, 0.25) is 0 Å². The fraction of sp³-hybridized carbons (Fsp3) is 0.263. The van der Waals surface area contributed by atoms with E-state index in [4.69, 9.17) is 5.73 Å². The Balaban J connectivity index is 1.54. The minimum atomic E-state index is -0.758. The molecular formula is C19H19F2N7O. The molecule has 3 aromatic rings. The molecule has 2 aromatic heterocycles. The summed E-state index contributed by atoms with van der Waals surface area (Å²) in [6.45, 7) is -0.213. The summed E-state index contributed by atoms with van der Waals surface area (Å²) in [5.41, 5.74) is 5.90. The third kappa shape index (κ3) is 4.00. The van der Waals surface area contributed by atoms with Crippen LogP contribution in [0.3, 0.4) is 0 Å². The number of nitrogens with two attached hydrogens (primary N) is 1. The van der Waals surface area contributed by atoms with Gasteiger partial charge in [-0.2, -0.15) is 10.1 Å². The maximum absolute atomic E-state index is 13.9. The van der Waals surface area contributed by atoms with Gasteiger partial charge >= 0.3 is 0 Å². The first-order valence-electron chi connectivity index (χ1n) is 9.16. The van der Waals surface area contributed by atoms with E-state index in [-0.39, 0.29) is 29.4 Å². The lowest BCUT2D eigenvalue weighted by Crippen LogP contribution is -2.17. The number of aromatic nitrogens is 4. The first-order chi connectivity index (χ1) is 14.0. The van der Waals surface area contributed by atoms with Crippen molar-refractivity contribution in [3.8, 4) is 0 Å². The number of nitrogens with one attached hydrogen (secondary N) is 2. The Morgan fingerprint density at radius 1 is 1.24 bits per heavy atom. The molecule has 1 saturated carbocycles. The first-order valence-corrected chi connectivity index (χ1v) is 9.16. The lowest BCUT2D eigenvalue weighted by atomic mass is 9.93. The maximum atomic E-state index is 13.9. The molecule has 4 rings (SSSR count). The number of carbonyl (C=O) groups is 1. The summed E-state index contributed by atoms with van der Waals surface area (Å²) in [7, 11) is 0. The van der Waals surface area contributed by atoms with Gasteiger partial charge in [0.25, 0.3) is 5.91 Å². The summed E-state index contributed by atoms with van der Waals surface area (Å²) in [5, 5.41) is 10.1. The van der Waals surface area contributed by atoms with Crippen molar-refractivity contribution in [1.29, 1.82) is 0 Å². The summed E-state index contributed by atoms with van der Waals surface area (Å²) in [6.07, 6.45) is 8.18. The number of primary amides is 1. The Morgan fingerprint density at radius 2 is 2.00 bits per heavy atom.